The van der Waals surface area contributed by atoms with Gasteiger partial charge in [-0.15, -0.1) is 0 Å². The van der Waals surface area contributed by atoms with Crippen molar-refractivity contribution in [1.82, 2.24) is 0 Å². The average molecular weight is 377 g/mol. The Morgan fingerprint density at radius 1 is 0.889 bits per heavy atom. The van der Waals surface area contributed by atoms with Crippen LogP contribution in [0.3, 0.4) is 0 Å². The maximum absolute atomic E-state index is 12.4. The third-order valence-corrected chi connectivity index (χ3v) is 9.64. The van der Waals surface area contributed by atoms with E-state index in [9.17, 15) is 14.7 Å². The van der Waals surface area contributed by atoms with Crippen LogP contribution in [0.15, 0.2) is 0 Å². The molecule has 4 fully saturated rings. The molecule has 0 unspecified atom stereocenters. The number of ether oxygens (including phenoxy) is 1. The van der Waals surface area contributed by atoms with E-state index >= 15 is 0 Å². The third kappa shape index (κ3) is 2.73. The van der Waals surface area contributed by atoms with Crippen LogP contribution in [0, 0.1) is 34.5 Å². The van der Waals surface area contributed by atoms with Crippen LogP contribution in [0.2, 0.25) is 0 Å². The van der Waals surface area contributed by atoms with Crippen molar-refractivity contribution in [3.8, 4) is 0 Å². The number of aliphatic hydroxyl groups is 1. The van der Waals surface area contributed by atoms with Gasteiger partial charge in [-0.05, 0) is 99.2 Å². The molecule has 4 saturated carbocycles. The minimum Gasteiger partial charge on any atom is -0.451 e. The zero-order valence-corrected chi connectivity index (χ0v) is 17.4. The minimum atomic E-state index is -0.893. The fourth-order valence-electron chi connectivity index (χ4n) is 7.96. The Balaban J connectivity index is 1.59. The Kier molecular flexibility index (Phi) is 4.53. The van der Waals surface area contributed by atoms with E-state index in [4.69, 9.17) is 4.74 Å². The van der Waals surface area contributed by atoms with E-state index in [0.717, 1.165) is 25.7 Å². The van der Waals surface area contributed by atoms with E-state index in [-0.39, 0.29) is 28.7 Å². The van der Waals surface area contributed by atoms with Gasteiger partial charge in [-0.1, -0.05) is 13.8 Å². The smallest absolute Gasteiger partial charge is 0.303 e. The van der Waals surface area contributed by atoms with Crippen molar-refractivity contribution in [3.05, 3.63) is 0 Å². The lowest BCUT2D eigenvalue weighted by atomic mass is 9.44. The zero-order valence-electron chi connectivity index (χ0n) is 17.4. The predicted molar refractivity (Wildman–Crippen MR) is 103 cm³/mol. The van der Waals surface area contributed by atoms with Gasteiger partial charge in [-0.25, -0.2) is 0 Å². The normalized spacial score (nSPS) is 51.7. The lowest BCUT2D eigenvalue weighted by Crippen LogP contribution is -2.58. The summed E-state index contributed by atoms with van der Waals surface area (Å²) in [4.78, 5) is 24.1. The molecule has 0 aromatic carbocycles. The molecular weight excluding hydrogens is 340 g/mol. The van der Waals surface area contributed by atoms with Crippen molar-refractivity contribution in [2.45, 2.75) is 97.2 Å². The number of ketones is 1. The van der Waals surface area contributed by atoms with Crippen molar-refractivity contribution < 1.29 is 19.4 Å². The molecule has 4 rings (SSSR count). The van der Waals surface area contributed by atoms with Crippen molar-refractivity contribution in [2.24, 2.45) is 34.5 Å². The molecule has 0 aromatic heterocycles. The van der Waals surface area contributed by atoms with Gasteiger partial charge in [0.25, 0.3) is 0 Å². The number of Topliss-reactive ketones (excluding diaryl/α,β-unsaturated/α-hetero) is 1. The molecule has 0 aromatic rings. The SMILES string of the molecule is CC(=O)O[C@]1(C(C)=O)CC[C@@]2(C)[C@@H](CC[C@@H]3[C@@H]2CC[C@]2(C)[C@@H](O)CC[C@@H]32)C1. The standard InChI is InChI=1S/C23H36O4/c1-14(24)23(27-15(2)25)12-11-21(3)16(13-23)5-6-17-18-7-8-20(26)22(18,4)10-9-19(17)21/h16-20,26H,5-13H2,1-4H3/t16-,17-,18-,19-,20-,21-,22-,23+/m0/s1. The molecule has 0 bridgehead atoms. The van der Waals surface area contributed by atoms with E-state index in [0.29, 0.717) is 36.5 Å². The Morgan fingerprint density at radius 2 is 1.59 bits per heavy atom. The van der Waals surface area contributed by atoms with Crippen LogP contribution in [0.25, 0.3) is 0 Å². The second kappa shape index (κ2) is 6.30. The molecule has 0 spiro atoms. The average Bonchev–Trinajstić information content (AvgIpc) is 2.90. The monoisotopic (exact) mass is 376 g/mol. The second-order valence-corrected chi connectivity index (χ2v) is 10.6. The van der Waals surface area contributed by atoms with E-state index in [1.165, 1.54) is 26.2 Å². The highest BCUT2D eigenvalue weighted by atomic mass is 16.6. The lowest BCUT2D eigenvalue weighted by molar-refractivity contribution is -0.187. The van der Waals surface area contributed by atoms with Crippen LogP contribution in [0.1, 0.15) is 85.5 Å². The molecule has 4 aliphatic carbocycles. The predicted octanol–water partition coefficient (Wildman–Crippen LogP) is 4.28. The Hall–Kier alpha value is -0.900. The van der Waals surface area contributed by atoms with E-state index in [1.54, 1.807) is 6.92 Å². The van der Waals surface area contributed by atoms with Crippen molar-refractivity contribution >= 4 is 11.8 Å². The van der Waals surface area contributed by atoms with E-state index in [1.807, 2.05) is 0 Å². The molecule has 27 heavy (non-hydrogen) atoms. The molecule has 4 aliphatic rings. The zero-order chi connectivity index (χ0) is 19.6. The van der Waals surface area contributed by atoms with Gasteiger partial charge in [-0.2, -0.15) is 0 Å². The first kappa shape index (κ1) is 19.4. The number of esters is 1. The van der Waals surface area contributed by atoms with Crippen LogP contribution >= 0.6 is 0 Å². The van der Waals surface area contributed by atoms with Gasteiger partial charge >= 0.3 is 5.97 Å². The van der Waals surface area contributed by atoms with Crippen LogP contribution in [-0.4, -0.2) is 28.6 Å². The highest BCUT2D eigenvalue weighted by Gasteiger charge is 2.62. The number of hydrogen-bond acceptors (Lipinski definition) is 4. The third-order valence-electron chi connectivity index (χ3n) is 9.64. The summed E-state index contributed by atoms with van der Waals surface area (Å²) < 4.78 is 5.65. The number of carbonyl (C=O) groups is 2. The molecule has 0 amide bonds. The number of rotatable bonds is 2. The molecule has 1 N–H and O–H groups in total. The van der Waals surface area contributed by atoms with Gasteiger partial charge in [-0.3, -0.25) is 9.59 Å². The largest absolute Gasteiger partial charge is 0.451 e. The lowest BCUT2D eigenvalue weighted by Gasteiger charge is -2.61. The number of carbonyl (C=O) groups excluding carboxylic acids is 2. The highest BCUT2D eigenvalue weighted by Crippen LogP contribution is 2.67. The Morgan fingerprint density at radius 3 is 2.26 bits per heavy atom. The van der Waals surface area contributed by atoms with E-state index in [2.05, 4.69) is 13.8 Å². The number of fused-ring (bicyclic) bond motifs is 5. The molecule has 0 radical (unpaired) electrons. The summed E-state index contributed by atoms with van der Waals surface area (Å²) in [6.45, 7) is 7.77. The first-order chi connectivity index (χ1) is 12.6. The highest BCUT2D eigenvalue weighted by molar-refractivity contribution is 5.87. The molecular formula is C23H36O4. The number of aliphatic hydroxyl groups excluding tert-OH is 1. The van der Waals surface area contributed by atoms with Crippen LogP contribution in [0.5, 0.6) is 0 Å². The van der Waals surface area contributed by atoms with Crippen molar-refractivity contribution in [3.63, 3.8) is 0 Å². The van der Waals surface area contributed by atoms with Gasteiger partial charge in [0, 0.05) is 6.92 Å². The van der Waals surface area contributed by atoms with Crippen molar-refractivity contribution in [1.29, 1.82) is 0 Å². The molecule has 152 valence electrons. The molecule has 8 atom stereocenters. The first-order valence-corrected chi connectivity index (χ1v) is 11.0. The molecule has 4 heteroatoms. The summed E-state index contributed by atoms with van der Waals surface area (Å²) in [5.41, 5.74) is -0.549. The fourth-order valence-corrected chi connectivity index (χ4v) is 7.96. The summed E-state index contributed by atoms with van der Waals surface area (Å²) in [7, 11) is 0. The molecule has 0 heterocycles. The Labute approximate surface area is 163 Å². The molecule has 0 aliphatic heterocycles. The van der Waals surface area contributed by atoms with Crippen molar-refractivity contribution in [2.75, 3.05) is 0 Å². The van der Waals surface area contributed by atoms with Gasteiger partial charge < -0.3 is 9.84 Å². The maximum Gasteiger partial charge on any atom is 0.303 e. The summed E-state index contributed by atoms with van der Waals surface area (Å²) in [6, 6.07) is 0. The summed E-state index contributed by atoms with van der Waals surface area (Å²) >= 11 is 0. The second-order valence-electron chi connectivity index (χ2n) is 10.6. The Bertz CT molecular complexity index is 644. The molecule has 0 saturated heterocycles. The van der Waals surface area contributed by atoms with Gasteiger partial charge in [0.15, 0.2) is 11.4 Å². The van der Waals surface area contributed by atoms with E-state index < -0.39 is 5.60 Å². The van der Waals surface area contributed by atoms with Crippen LogP contribution in [0.4, 0.5) is 0 Å². The summed E-state index contributed by atoms with van der Waals surface area (Å²) in [5.74, 6) is 2.17. The number of hydrogen-bond donors (Lipinski definition) is 1. The summed E-state index contributed by atoms with van der Waals surface area (Å²) in [5, 5.41) is 10.6. The van der Waals surface area contributed by atoms with Gasteiger partial charge in [0.1, 0.15) is 0 Å². The topological polar surface area (TPSA) is 63.6 Å². The first-order valence-electron chi connectivity index (χ1n) is 11.0. The molecule has 4 nitrogen and oxygen atoms in total. The minimum absolute atomic E-state index is 0.0111. The summed E-state index contributed by atoms with van der Waals surface area (Å²) in [6.07, 6.45) is 8.99. The van der Waals surface area contributed by atoms with Gasteiger partial charge in [0.2, 0.25) is 0 Å². The van der Waals surface area contributed by atoms with Crippen LogP contribution < -0.4 is 0 Å². The van der Waals surface area contributed by atoms with Gasteiger partial charge in [0.05, 0.1) is 6.10 Å². The van der Waals surface area contributed by atoms with Crippen LogP contribution in [-0.2, 0) is 14.3 Å². The quantitative estimate of drug-likeness (QED) is 0.731. The maximum atomic E-state index is 12.4. The fraction of sp³-hybridized carbons (Fsp3) is 0.913.